The fraction of sp³-hybridized carbons (Fsp3) is 0.500. The van der Waals surface area contributed by atoms with E-state index in [0.29, 0.717) is 12.8 Å². The Hall–Kier alpha value is -1.91. The molecule has 21 heavy (non-hydrogen) atoms. The molecule has 1 amide bonds. The number of amides is 1. The lowest BCUT2D eigenvalue weighted by molar-refractivity contribution is -0.142. The molecule has 2 rings (SSSR count). The molecule has 0 saturated heterocycles. The van der Waals surface area contributed by atoms with E-state index in [1.165, 1.54) is 12.1 Å². The zero-order chi connectivity index (χ0) is 15.4. The minimum Gasteiger partial charge on any atom is -0.481 e. The van der Waals surface area contributed by atoms with Gasteiger partial charge in [-0.05, 0) is 37.5 Å². The van der Waals surface area contributed by atoms with Crippen LogP contribution in [0.25, 0.3) is 0 Å². The number of hydrogen-bond donors (Lipinski definition) is 2. The van der Waals surface area contributed by atoms with Crippen LogP contribution in [0.5, 0.6) is 0 Å². The average Bonchev–Trinajstić information content (AvgIpc) is 2.63. The minimum atomic E-state index is -0.897. The largest absolute Gasteiger partial charge is 0.481 e. The van der Waals surface area contributed by atoms with Crippen molar-refractivity contribution < 1.29 is 19.1 Å². The number of carboxylic acids is 1. The van der Waals surface area contributed by atoms with Crippen LogP contribution in [-0.4, -0.2) is 23.0 Å². The Bertz CT molecular complexity index is 544. The molecule has 0 heterocycles. The Kier molecular flexibility index (Phi) is 4.94. The highest BCUT2D eigenvalue weighted by Crippen LogP contribution is 2.24. The first-order valence-corrected chi connectivity index (χ1v) is 7.29. The Morgan fingerprint density at radius 2 is 1.95 bits per heavy atom. The molecule has 0 aromatic heterocycles. The van der Waals surface area contributed by atoms with E-state index in [-0.39, 0.29) is 5.56 Å². The predicted molar refractivity (Wildman–Crippen MR) is 76.6 cm³/mol. The van der Waals surface area contributed by atoms with Gasteiger partial charge < -0.3 is 10.4 Å². The highest BCUT2D eigenvalue weighted by atomic mass is 19.1. The second-order valence-corrected chi connectivity index (χ2v) is 5.65. The molecule has 1 aromatic rings. The normalized spacial score (nSPS) is 22.4. The van der Waals surface area contributed by atoms with Gasteiger partial charge in [0.15, 0.2) is 0 Å². The number of carbonyl (C=O) groups excluding carboxylic acids is 1. The van der Waals surface area contributed by atoms with Crippen LogP contribution in [0.2, 0.25) is 0 Å². The summed E-state index contributed by atoms with van der Waals surface area (Å²) in [5.41, 5.74) is 0.705. The van der Waals surface area contributed by atoms with Gasteiger partial charge in [-0.25, -0.2) is 4.39 Å². The van der Waals surface area contributed by atoms with E-state index in [2.05, 4.69) is 5.32 Å². The molecular formula is C16H20FNO3. The second kappa shape index (κ2) is 6.70. The topological polar surface area (TPSA) is 66.4 Å². The number of carbonyl (C=O) groups is 2. The summed E-state index contributed by atoms with van der Waals surface area (Å²) in [4.78, 5) is 23.5. The third kappa shape index (κ3) is 3.80. The molecule has 0 aliphatic heterocycles. The van der Waals surface area contributed by atoms with Gasteiger partial charge in [0, 0.05) is 6.04 Å². The fourth-order valence-corrected chi connectivity index (χ4v) is 2.83. The third-order valence-corrected chi connectivity index (χ3v) is 4.02. The highest BCUT2D eigenvalue weighted by Gasteiger charge is 2.31. The lowest BCUT2D eigenvalue weighted by atomic mass is 9.94. The number of benzene rings is 1. The van der Waals surface area contributed by atoms with Crippen LogP contribution in [0.3, 0.4) is 0 Å². The quantitative estimate of drug-likeness (QED) is 0.842. The molecule has 0 bridgehead atoms. The zero-order valence-electron chi connectivity index (χ0n) is 12.1. The predicted octanol–water partition coefficient (Wildman–Crippen LogP) is 2.90. The van der Waals surface area contributed by atoms with Crippen LogP contribution in [0.4, 0.5) is 4.39 Å². The average molecular weight is 293 g/mol. The van der Waals surface area contributed by atoms with Gasteiger partial charge in [0.25, 0.3) is 5.91 Å². The van der Waals surface area contributed by atoms with E-state index >= 15 is 0 Å². The van der Waals surface area contributed by atoms with Gasteiger partial charge in [-0.3, -0.25) is 9.59 Å². The van der Waals surface area contributed by atoms with Crippen molar-refractivity contribution in [2.45, 2.75) is 45.1 Å². The monoisotopic (exact) mass is 293 g/mol. The van der Waals surface area contributed by atoms with Crippen molar-refractivity contribution >= 4 is 11.9 Å². The number of carboxylic acid groups (broad SMARTS) is 1. The number of hydrogen-bond acceptors (Lipinski definition) is 2. The van der Waals surface area contributed by atoms with Crippen LogP contribution >= 0.6 is 0 Å². The molecule has 0 spiro atoms. The SMILES string of the molecule is Cc1ccc(C(=O)NC2CCCCCC2C(=O)O)c(F)c1. The molecule has 4 nitrogen and oxygen atoms in total. The fourth-order valence-electron chi connectivity index (χ4n) is 2.83. The van der Waals surface area contributed by atoms with E-state index in [1.54, 1.807) is 13.0 Å². The molecule has 1 aliphatic carbocycles. The van der Waals surface area contributed by atoms with Gasteiger partial charge in [-0.2, -0.15) is 0 Å². The van der Waals surface area contributed by atoms with Gasteiger partial charge in [0.05, 0.1) is 11.5 Å². The first-order valence-electron chi connectivity index (χ1n) is 7.29. The highest BCUT2D eigenvalue weighted by molar-refractivity contribution is 5.95. The maximum absolute atomic E-state index is 13.8. The Balaban J connectivity index is 2.14. The zero-order valence-corrected chi connectivity index (χ0v) is 12.1. The molecule has 1 aromatic carbocycles. The summed E-state index contributed by atoms with van der Waals surface area (Å²) in [6.07, 6.45) is 3.87. The van der Waals surface area contributed by atoms with E-state index in [0.717, 1.165) is 24.8 Å². The van der Waals surface area contributed by atoms with E-state index in [1.807, 2.05) is 0 Å². The summed E-state index contributed by atoms with van der Waals surface area (Å²) in [6.45, 7) is 1.75. The molecule has 2 atom stereocenters. The van der Waals surface area contributed by atoms with Crippen molar-refractivity contribution in [3.8, 4) is 0 Å². The van der Waals surface area contributed by atoms with Crippen LogP contribution < -0.4 is 5.32 Å². The summed E-state index contributed by atoms with van der Waals surface area (Å²) in [7, 11) is 0. The van der Waals surface area contributed by atoms with Gasteiger partial charge in [-0.1, -0.05) is 25.3 Å². The summed E-state index contributed by atoms with van der Waals surface area (Å²) in [5, 5.41) is 12.0. The molecule has 1 saturated carbocycles. The van der Waals surface area contributed by atoms with Crippen LogP contribution in [0.1, 0.15) is 48.0 Å². The summed E-state index contributed by atoms with van der Waals surface area (Å²) in [6, 6.07) is 3.97. The maximum atomic E-state index is 13.8. The Labute approximate surface area is 123 Å². The first-order chi connectivity index (χ1) is 9.99. The number of rotatable bonds is 3. The number of nitrogens with one attached hydrogen (secondary N) is 1. The van der Waals surface area contributed by atoms with E-state index < -0.39 is 29.7 Å². The summed E-state index contributed by atoms with van der Waals surface area (Å²) >= 11 is 0. The lowest BCUT2D eigenvalue weighted by Crippen LogP contribution is -2.43. The van der Waals surface area contributed by atoms with E-state index in [9.17, 15) is 19.1 Å². The van der Waals surface area contributed by atoms with Crippen molar-refractivity contribution in [1.82, 2.24) is 5.32 Å². The van der Waals surface area contributed by atoms with Crippen molar-refractivity contribution in [1.29, 1.82) is 0 Å². The van der Waals surface area contributed by atoms with Gasteiger partial charge in [0.1, 0.15) is 5.82 Å². The van der Waals surface area contributed by atoms with Gasteiger partial charge in [-0.15, -0.1) is 0 Å². The van der Waals surface area contributed by atoms with Crippen molar-refractivity contribution in [2.24, 2.45) is 5.92 Å². The summed E-state index contributed by atoms with van der Waals surface area (Å²) in [5.74, 6) is -2.60. The Morgan fingerprint density at radius 3 is 2.62 bits per heavy atom. The summed E-state index contributed by atoms with van der Waals surface area (Å²) < 4.78 is 13.8. The van der Waals surface area contributed by atoms with E-state index in [4.69, 9.17) is 0 Å². The lowest BCUT2D eigenvalue weighted by Gasteiger charge is -2.23. The number of aliphatic carboxylic acids is 1. The first kappa shape index (κ1) is 15.5. The molecule has 0 radical (unpaired) electrons. The van der Waals surface area contributed by atoms with Crippen molar-refractivity contribution in [3.63, 3.8) is 0 Å². The molecule has 2 N–H and O–H groups in total. The van der Waals surface area contributed by atoms with Crippen LogP contribution in [-0.2, 0) is 4.79 Å². The molecule has 1 fully saturated rings. The molecular weight excluding hydrogens is 273 g/mol. The van der Waals surface area contributed by atoms with Gasteiger partial charge in [0.2, 0.25) is 0 Å². The molecule has 2 unspecified atom stereocenters. The van der Waals surface area contributed by atoms with Crippen molar-refractivity contribution in [3.05, 3.63) is 35.1 Å². The van der Waals surface area contributed by atoms with Crippen LogP contribution in [0, 0.1) is 18.7 Å². The number of halogens is 1. The molecule has 114 valence electrons. The standard InChI is InChI=1S/C16H20FNO3/c1-10-7-8-11(13(17)9-10)15(19)18-14-6-4-2-3-5-12(14)16(20)21/h7-9,12,14H,2-6H2,1H3,(H,18,19)(H,20,21). The maximum Gasteiger partial charge on any atom is 0.308 e. The molecule has 5 heteroatoms. The van der Waals surface area contributed by atoms with Gasteiger partial charge >= 0.3 is 5.97 Å². The number of aryl methyl sites for hydroxylation is 1. The Morgan fingerprint density at radius 1 is 1.24 bits per heavy atom. The second-order valence-electron chi connectivity index (χ2n) is 5.65. The smallest absolute Gasteiger partial charge is 0.308 e. The minimum absolute atomic E-state index is 0.0333. The van der Waals surface area contributed by atoms with Crippen LogP contribution in [0.15, 0.2) is 18.2 Å². The molecule has 1 aliphatic rings. The van der Waals surface area contributed by atoms with Crippen molar-refractivity contribution in [2.75, 3.05) is 0 Å². The third-order valence-electron chi connectivity index (χ3n) is 4.02.